The molecule has 6 heterocycles. The number of aromatic nitrogens is 2. The molecule has 16 N–H and O–H groups in total. The van der Waals surface area contributed by atoms with Gasteiger partial charge < -0.3 is 108 Å². The van der Waals surface area contributed by atoms with Crippen LogP contribution >= 0.6 is 54.8 Å². The number of H-pyrrole nitrogens is 2. The second-order valence-corrected chi connectivity index (χ2v) is 43.8. The quantitative estimate of drug-likeness (QED) is 0.00732. The molecule has 5 aromatic carbocycles. The van der Waals surface area contributed by atoms with Gasteiger partial charge in [0.05, 0.1) is 43.5 Å². The van der Waals surface area contributed by atoms with Crippen LogP contribution in [0.1, 0.15) is 179 Å². The number of alkyl carbamates (subject to hydrolysis) is 1. The lowest BCUT2D eigenvalue weighted by atomic mass is 9.84. The zero-order valence-corrected chi connectivity index (χ0v) is 87.5. The largest absolute Gasteiger partial charge is 0.508 e. The van der Waals surface area contributed by atoms with Crippen molar-refractivity contribution in [3.8, 4) is 11.5 Å². The number of nitrogens with one attached hydrogen (secondary N) is 11. The Labute approximate surface area is 858 Å². The second kappa shape index (κ2) is 55.5. The first-order chi connectivity index (χ1) is 68.7. The van der Waals surface area contributed by atoms with Gasteiger partial charge in [-0.3, -0.25) is 47.9 Å². The lowest BCUT2D eigenvalue weighted by molar-refractivity contribution is -0.162. The molecule has 0 spiro atoms. The summed E-state index contributed by atoms with van der Waals surface area (Å²) in [6, 6.07) is 21.3. The van der Waals surface area contributed by atoms with Crippen LogP contribution in [0.25, 0.3) is 21.8 Å². The third-order valence-corrected chi connectivity index (χ3v) is 32.8. The fourth-order valence-electron chi connectivity index (χ4n) is 18.2. The number of rotatable bonds is 41. The minimum atomic E-state index is -1.49. The number of hydrogen-bond donors (Lipinski definition) is 14. The van der Waals surface area contributed by atoms with Gasteiger partial charge in [-0.25, -0.2) is 9.59 Å². The van der Waals surface area contributed by atoms with Gasteiger partial charge in [0.15, 0.2) is 0 Å². The van der Waals surface area contributed by atoms with E-state index in [-0.39, 0.29) is 84.9 Å². The number of amides is 11. The van der Waals surface area contributed by atoms with E-state index in [1.54, 1.807) is 77.2 Å². The summed E-state index contributed by atoms with van der Waals surface area (Å²) in [5, 5.41) is 39.0. The van der Waals surface area contributed by atoms with E-state index in [1.807, 2.05) is 123 Å². The van der Waals surface area contributed by atoms with Crippen molar-refractivity contribution in [2.45, 2.75) is 279 Å². The summed E-state index contributed by atoms with van der Waals surface area (Å²) in [6.45, 7) is 13.3. The number of likely N-dealkylation sites (N-methyl/N-ethyl adjacent to an activating group) is 1. The van der Waals surface area contributed by atoms with Crippen molar-refractivity contribution in [2.75, 3.05) is 63.6 Å². The number of epoxide rings is 1. The molecule has 4 bridgehead atoms. The van der Waals surface area contributed by atoms with Crippen molar-refractivity contribution in [1.29, 1.82) is 0 Å². The van der Waals surface area contributed by atoms with Crippen LogP contribution in [0.5, 0.6) is 11.5 Å². The fourth-order valence-corrected chi connectivity index (χ4v) is 23.6. The lowest BCUT2D eigenvalue weighted by Crippen LogP contribution is -2.62. The number of halogens is 1. The van der Waals surface area contributed by atoms with Gasteiger partial charge in [0, 0.05) is 116 Å². The van der Waals surface area contributed by atoms with E-state index in [0.29, 0.717) is 72.5 Å². The molecule has 143 heavy (non-hydrogen) atoms. The summed E-state index contributed by atoms with van der Waals surface area (Å²) in [5.41, 5.74) is 17.0. The van der Waals surface area contributed by atoms with Crippen LogP contribution in [0.4, 0.5) is 10.5 Å². The number of carbonyl (C=O) groups excluding carboxylic acids is 12. The Morgan fingerprint density at radius 1 is 0.727 bits per heavy atom. The second-order valence-electron chi connectivity index (χ2n) is 38.1. The van der Waals surface area contributed by atoms with Gasteiger partial charge in [0.1, 0.15) is 82.7 Å². The molecular formula is C105H142ClN15O18S4. The molecule has 2 aromatic heterocycles. The van der Waals surface area contributed by atoms with Crippen LogP contribution in [0.15, 0.2) is 151 Å². The summed E-state index contributed by atoms with van der Waals surface area (Å²) in [7, 11) is 11.4. The first kappa shape index (κ1) is 113. The number of anilines is 1. The molecular weight excluding hydrogens is 1920 g/mol. The number of para-hydroxylation sites is 2. The van der Waals surface area contributed by atoms with Gasteiger partial charge in [-0.2, -0.15) is 0 Å². The van der Waals surface area contributed by atoms with E-state index < -0.39 is 167 Å². The van der Waals surface area contributed by atoms with Gasteiger partial charge in [0.25, 0.3) is 0 Å². The SMILES string of the molecule is CCCCCCCCCCC(CCN[C@H](Cc1ccccc1)C(=O)N[C@H]1CSSC[C@@H](C(=O)N[C@@H](Cc2c[nH]c3ccccc23)C(N)=O)NC(=O)[C@H](C(C)C)NC(=O)[C@H](CCCCN)NC(=O)[C@@H](Cc2c[nH]c3ccccc23)NC(=O)[C@H](Cc2ccc(O)cc2)NC1=O)SSCCC(=O)N(C)[C@@H](C)C(=O)O[C@H]1CC(=O)N(C)c2cc(cc(OC)c2Cl)C/C(C)=C/C=C/[C@@H](OC)C2C[C@H](OC(=O)N2)[C@@H](C)[C@@H]2O[C@@]12C. The molecule has 3 saturated heterocycles. The fraction of sp³-hybridized carbons (Fsp3) is 0.524. The molecule has 11 rings (SSSR count). The number of ether oxygens (including phenoxy) is 5. The Balaban J connectivity index is 0.837. The number of aromatic amines is 2. The number of methoxy groups -OCH3 is 2. The maximum Gasteiger partial charge on any atom is 0.407 e. The number of carbonyl (C=O) groups is 12. The molecule has 7 aromatic rings. The van der Waals surface area contributed by atoms with Gasteiger partial charge >= 0.3 is 12.1 Å². The minimum absolute atomic E-state index is 0.0125. The zero-order chi connectivity index (χ0) is 103. The van der Waals surface area contributed by atoms with Gasteiger partial charge in [0.2, 0.25) is 59.1 Å². The van der Waals surface area contributed by atoms with Crippen molar-refractivity contribution in [1.82, 2.24) is 62.7 Å². The van der Waals surface area contributed by atoms with Crippen LogP contribution in [0.3, 0.4) is 0 Å². The van der Waals surface area contributed by atoms with Crippen molar-refractivity contribution in [3.05, 3.63) is 184 Å². The van der Waals surface area contributed by atoms with Crippen LogP contribution in [-0.4, -0.2) is 245 Å². The summed E-state index contributed by atoms with van der Waals surface area (Å²) >= 11 is 6.99. The first-order valence-electron chi connectivity index (χ1n) is 49.6. The molecule has 0 radical (unpaired) electrons. The highest BCUT2D eigenvalue weighted by atomic mass is 35.5. The molecule has 11 amide bonds. The summed E-state index contributed by atoms with van der Waals surface area (Å²) in [6.07, 6.45) is 16.5. The molecule has 0 saturated carbocycles. The smallest absolute Gasteiger partial charge is 0.407 e. The predicted molar refractivity (Wildman–Crippen MR) is 563 cm³/mol. The number of esters is 1. The molecule has 2 unspecified atom stereocenters. The Morgan fingerprint density at radius 3 is 2.05 bits per heavy atom. The number of aromatic hydroxyl groups is 1. The number of nitrogens with two attached hydrogens (primary N) is 2. The molecule has 33 nitrogen and oxygen atoms in total. The van der Waals surface area contributed by atoms with E-state index in [0.717, 1.165) is 105 Å². The molecule has 4 aliphatic rings. The van der Waals surface area contributed by atoms with Crippen molar-refractivity contribution in [3.63, 3.8) is 0 Å². The Kier molecular flexibility index (Phi) is 43.7. The number of allylic oxidation sites excluding steroid dienone is 3. The van der Waals surface area contributed by atoms with E-state index in [4.69, 9.17) is 46.8 Å². The first-order valence-corrected chi connectivity index (χ1v) is 54.8. The van der Waals surface area contributed by atoms with Gasteiger partial charge in [-0.05, 0) is 149 Å². The lowest BCUT2D eigenvalue weighted by Gasteiger charge is -2.36. The summed E-state index contributed by atoms with van der Waals surface area (Å²) in [4.78, 5) is 187. The number of fused-ring (bicyclic) bond motifs is 7. The number of unbranched alkanes of at least 4 members (excludes halogenated alkanes) is 8. The Morgan fingerprint density at radius 2 is 1.37 bits per heavy atom. The number of primary amides is 1. The molecule has 38 heteroatoms. The zero-order valence-electron chi connectivity index (χ0n) is 83.5. The van der Waals surface area contributed by atoms with Crippen molar-refractivity contribution in [2.24, 2.45) is 23.3 Å². The highest BCUT2D eigenvalue weighted by molar-refractivity contribution is 8.77. The van der Waals surface area contributed by atoms with Crippen LogP contribution in [0, 0.1) is 11.8 Å². The number of nitrogens with zero attached hydrogens (tertiary/aromatic N) is 2. The predicted octanol–water partition coefficient (Wildman–Crippen LogP) is 11.9. The molecule has 3 fully saturated rings. The normalized spacial score (nSPS) is 23.9. The molecule has 17 atom stereocenters. The van der Waals surface area contributed by atoms with Crippen LogP contribution in [0.2, 0.25) is 5.02 Å². The highest BCUT2D eigenvalue weighted by Crippen LogP contribution is 2.49. The van der Waals surface area contributed by atoms with Gasteiger partial charge in [-0.1, -0.05) is 237 Å². The average molecular weight is 2070 g/mol. The minimum Gasteiger partial charge on any atom is -0.508 e. The number of benzene rings is 5. The monoisotopic (exact) mass is 2060 g/mol. The van der Waals surface area contributed by atoms with E-state index >= 15 is 28.8 Å². The Bertz CT molecular complexity index is 5540. The van der Waals surface area contributed by atoms with E-state index in [9.17, 15) is 33.9 Å². The number of phenolic OH excluding ortho intramolecular Hbond substituents is 1. The molecule has 0 aliphatic carbocycles. The number of hydrogen-bond acceptors (Lipinski definition) is 24. The third kappa shape index (κ3) is 32.6. The summed E-state index contributed by atoms with van der Waals surface area (Å²) < 4.78 is 30.5. The average Bonchev–Trinajstić information content (AvgIpc) is 1.57. The van der Waals surface area contributed by atoms with E-state index in [1.165, 1.54) is 59.7 Å². The number of phenols is 1. The van der Waals surface area contributed by atoms with Gasteiger partial charge in [-0.15, -0.1) is 0 Å². The standard InChI is InChI=1S/C105H142ClN15O18S4/c1-12-13-14-15-16-17-18-22-33-72(143-140-48-45-90(123)120(8)65(6)103(133)138-89-57-91(124)121(9)85-52-68(53-88(136-11)92(85)106)49-63(4)30-29-39-86(135-10)78-56-87(137-104(134)118-78)64(5)94-105(89,7)139-94)44-47-109-80(50-66-31-20-19-21-32-66)97(127)116-83-60-141-142-61-84(100(130)113-79(95(108)125)54-69-58-110-75-36-25-23-34-73(69)75)117-102(132)93(62(2)3)119-96(126)77(38-27-28-46-107)112-99(129)82(55-70-59-111-76-37-26-24-35-74(70)76)115-98(128)81(114-101(83)131)51-67-40-42-71(122)43-41-67/h19-21,23-26,29-32,34-37,39-43,52-53,58-59,62,64-65,72,77-84,86-87,89,93-94,109-111,122H,12-18,22,27-28,33,38,44-51,54-57,60-61,107H2,1-11H3,(H2,108,125)(H,112,129)(H,113,130)(H,114,131)(H,115,128)(H,116,127)(H,117,132)(H,118,134)(H,119,126)/b39-29+,63-30+/t64-,65+,72?,77+,78?,79+,80-,81+,82-,83+,84+,86-,87+,89+,93+,94+,105+/m1/s1. The Hall–Kier alpha value is -10.8. The summed E-state index contributed by atoms with van der Waals surface area (Å²) in [5.74, 6) is -8.80. The van der Waals surface area contributed by atoms with Crippen LogP contribution in [-0.2, 0) is 104 Å². The molecule has 4 aliphatic heterocycles. The highest BCUT2D eigenvalue weighted by Gasteiger charge is 2.64. The van der Waals surface area contributed by atoms with Crippen molar-refractivity contribution < 1.29 is 86.3 Å². The van der Waals surface area contributed by atoms with Crippen molar-refractivity contribution >= 4 is 153 Å². The van der Waals surface area contributed by atoms with E-state index in [2.05, 4.69) is 64.7 Å². The van der Waals surface area contributed by atoms with Crippen LogP contribution < -0.4 is 69.0 Å². The third-order valence-electron chi connectivity index (χ3n) is 27.0. The maximum atomic E-state index is 15.8. The maximum absolute atomic E-state index is 15.8. The topological polar surface area (TPSA) is 473 Å². The molecule has 776 valence electrons.